The molecule has 1 fully saturated rings. The zero-order valence-corrected chi connectivity index (χ0v) is 13.0. The summed E-state index contributed by atoms with van der Waals surface area (Å²) in [6.45, 7) is 4.17. The van der Waals surface area contributed by atoms with Crippen LogP contribution in [0.3, 0.4) is 0 Å². The number of allylic oxidation sites excluding steroid dienone is 1. The second kappa shape index (κ2) is 5.56. The van der Waals surface area contributed by atoms with Crippen molar-refractivity contribution in [2.75, 3.05) is 18.4 Å². The fourth-order valence-corrected chi connectivity index (χ4v) is 2.93. The van der Waals surface area contributed by atoms with Gasteiger partial charge in [-0.15, -0.1) is 0 Å². The predicted octanol–water partition coefficient (Wildman–Crippen LogP) is 4.30. The molecule has 1 aromatic heterocycles. The molecule has 0 atom stereocenters. The molecule has 0 spiro atoms. The van der Waals surface area contributed by atoms with Gasteiger partial charge in [-0.25, -0.2) is 4.98 Å². The first kappa shape index (κ1) is 13.5. The van der Waals surface area contributed by atoms with Crippen LogP contribution in [0, 0.1) is 5.92 Å². The molecule has 0 amide bonds. The molecular formula is C19H21N3. The SMILES string of the molecule is CC1=C(c2ccc3cc(NCC4CC4)ncc3c2)C=NCC1. The molecule has 22 heavy (non-hydrogen) atoms. The van der Waals surface area contributed by atoms with Crippen molar-refractivity contribution in [2.45, 2.75) is 26.2 Å². The normalized spacial score (nSPS) is 18.0. The Morgan fingerprint density at radius 3 is 2.91 bits per heavy atom. The summed E-state index contributed by atoms with van der Waals surface area (Å²) in [5, 5.41) is 5.87. The van der Waals surface area contributed by atoms with Crippen molar-refractivity contribution in [1.82, 2.24) is 4.98 Å². The molecule has 2 heterocycles. The summed E-state index contributed by atoms with van der Waals surface area (Å²) in [4.78, 5) is 8.97. The quantitative estimate of drug-likeness (QED) is 0.911. The predicted molar refractivity (Wildman–Crippen MR) is 93.5 cm³/mol. The van der Waals surface area contributed by atoms with E-state index in [0.717, 1.165) is 31.2 Å². The van der Waals surface area contributed by atoms with Crippen molar-refractivity contribution in [1.29, 1.82) is 0 Å². The average molecular weight is 291 g/mol. The molecule has 1 N–H and O–H groups in total. The lowest BCUT2D eigenvalue weighted by atomic mass is 9.96. The fourth-order valence-electron chi connectivity index (χ4n) is 2.93. The van der Waals surface area contributed by atoms with Gasteiger partial charge in [-0.2, -0.15) is 0 Å². The maximum atomic E-state index is 4.55. The second-order valence-electron chi connectivity index (χ2n) is 6.44. The van der Waals surface area contributed by atoms with Gasteiger partial charge in [0.25, 0.3) is 0 Å². The van der Waals surface area contributed by atoms with E-state index in [0.29, 0.717) is 0 Å². The van der Waals surface area contributed by atoms with Crippen LogP contribution < -0.4 is 5.32 Å². The molecule has 1 aliphatic carbocycles. The molecule has 3 heteroatoms. The maximum Gasteiger partial charge on any atom is 0.126 e. The minimum atomic E-state index is 0.861. The van der Waals surface area contributed by atoms with Gasteiger partial charge >= 0.3 is 0 Å². The van der Waals surface area contributed by atoms with Crippen LogP contribution in [0.2, 0.25) is 0 Å². The van der Waals surface area contributed by atoms with Crippen molar-refractivity contribution >= 4 is 28.4 Å². The number of nitrogens with zero attached hydrogens (tertiary/aromatic N) is 2. The Kier molecular flexibility index (Phi) is 3.41. The molecule has 0 bridgehead atoms. The molecule has 4 rings (SSSR count). The topological polar surface area (TPSA) is 37.3 Å². The highest BCUT2D eigenvalue weighted by molar-refractivity contribution is 6.12. The molecule has 1 saturated carbocycles. The monoisotopic (exact) mass is 291 g/mol. The highest BCUT2D eigenvalue weighted by Gasteiger charge is 2.20. The molecule has 112 valence electrons. The molecule has 2 aliphatic rings. The number of aromatic nitrogens is 1. The standard InChI is InChI=1S/C19H21N3/c1-13-6-7-20-12-18(13)16-5-4-15-9-19(21-10-14-2-3-14)22-11-17(15)8-16/h4-5,8-9,11-12,14H,2-3,6-7,10H2,1H3,(H,21,22). The lowest BCUT2D eigenvalue weighted by molar-refractivity contribution is 0.883. The third kappa shape index (κ3) is 2.76. The van der Waals surface area contributed by atoms with Gasteiger partial charge in [0, 0.05) is 30.9 Å². The zero-order valence-electron chi connectivity index (χ0n) is 13.0. The van der Waals surface area contributed by atoms with Gasteiger partial charge in [-0.05, 0) is 60.8 Å². The first-order valence-electron chi connectivity index (χ1n) is 8.13. The first-order valence-corrected chi connectivity index (χ1v) is 8.13. The summed E-state index contributed by atoms with van der Waals surface area (Å²) >= 11 is 0. The van der Waals surface area contributed by atoms with Gasteiger partial charge in [0.1, 0.15) is 5.82 Å². The van der Waals surface area contributed by atoms with Crippen LogP contribution in [0.5, 0.6) is 0 Å². The summed E-state index contributed by atoms with van der Waals surface area (Å²) in [6, 6.07) is 8.77. The van der Waals surface area contributed by atoms with Gasteiger partial charge in [-0.3, -0.25) is 4.99 Å². The van der Waals surface area contributed by atoms with Gasteiger partial charge in [0.15, 0.2) is 0 Å². The molecule has 0 saturated heterocycles. The van der Waals surface area contributed by atoms with Crippen LogP contribution in [-0.2, 0) is 0 Å². The van der Waals surface area contributed by atoms with Crippen LogP contribution in [0.4, 0.5) is 5.82 Å². The average Bonchev–Trinajstić information content (AvgIpc) is 3.37. The van der Waals surface area contributed by atoms with E-state index in [1.54, 1.807) is 0 Å². The van der Waals surface area contributed by atoms with Gasteiger partial charge < -0.3 is 5.32 Å². The van der Waals surface area contributed by atoms with Crippen LogP contribution in [0.1, 0.15) is 31.7 Å². The van der Waals surface area contributed by atoms with E-state index in [1.165, 1.54) is 40.3 Å². The van der Waals surface area contributed by atoms with E-state index in [1.807, 2.05) is 12.4 Å². The van der Waals surface area contributed by atoms with Crippen LogP contribution in [0.15, 0.2) is 41.0 Å². The minimum Gasteiger partial charge on any atom is -0.370 e. The highest BCUT2D eigenvalue weighted by Crippen LogP contribution is 2.29. The lowest BCUT2D eigenvalue weighted by Gasteiger charge is -2.13. The lowest BCUT2D eigenvalue weighted by Crippen LogP contribution is -2.04. The second-order valence-corrected chi connectivity index (χ2v) is 6.44. The summed E-state index contributed by atoms with van der Waals surface area (Å²) in [6.07, 6.45) is 7.77. The summed E-state index contributed by atoms with van der Waals surface area (Å²) in [5.41, 5.74) is 3.93. The van der Waals surface area contributed by atoms with Crippen molar-refractivity contribution < 1.29 is 0 Å². The number of dihydropyridines is 1. The van der Waals surface area contributed by atoms with E-state index >= 15 is 0 Å². The Bertz CT molecular complexity index is 769. The molecular weight excluding hydrogens is 270 g/mol. The van der Waals surface area contributed by atoms with Gasteiger partial charge in [0.05, 0.1) is 0 Å². The number of pyridine rings is 1. The van der Waals surface area contributed by atoms with E-state index in [2.05, 4.69) is 46.5 Å². The highest BCUT2D eigenvalue weighted by atomic mass is 15.0. The molecule has 0 radical (unpaired) electrons. The largest absolute Gasteiger partial charge is 0.370 e. The molecule has 2 aromatic rings. The number of nitrogens with one attached hydrogen (secondary N) is 1. The first-order chi connectivity index (χ1) is 10.8. The van der Waals surface area contributed by atoms with Crippen LogP contribution in [-0.4, -0.2) is 24.3 Å². The molecule has 1 aromatic carbocycles. The number of benzene rings is 1. The molecule has 0 unspecified atom stereocenters. The number of anilines is 1. The number of fused-ring (bicyclic) bond motifs is 1. The summed E-state index contributed by atoms with van der Waals surface area (Å²) in [5.74, 6) is 1.85. The fraction of sp³-hybridized carbons (Fsp3) is 0.368. The third-order valence-electron chi connectivity index (χ3n) is 4.60. The maximum absolute atomic E-state index is 4.55. The third-order valence-corrected chi connectivity index (χ3v) is 4.60. The number of rotatable bonds is 4. The van der Waals surface area contributed by atoms with Crippen molar-refractivity contribution in [2.24, 2.45) is 10.9 Å². The van der Waals surface area contributed by atoms with Crippen LogP contribution in [0.25, 0.3) is 16.3 Å². The van der Waals surface area contributed by atoms with E-state index in [9.17, 15) is 0 Å². The van der Waals surface area contributed by atoms with Crippen molar-refractivity contribution in [3.05, 3.63) is 41.6 Å². The van der Waals surface area contributed by atoms with Gasteiger partial charge in [0.2, 0.25) is 0 Å². The van der Waals surface area contributed by atoms with E-state index in [-0.39, 0.29) is 0 Å². The van der Waals surface area contributed by atoms with Crippen molar-refractivity contribution in [3.63, 3.8) is 0 Å². The smallest absolute Gasteiger partial charge is 0.126 e. The van der Waals surface area contributed by atoms with Gasteiger partial charge in [-0.1, -0.05) is 17.7 Å². The molecule has 3 nitrogen and oxygen atoms in total. The Hall–Kier alpha value is -2.16. The van der Waals surface area contributed by atoms with Crippen LogP contribution >= 0.6 is 0 Å². The summed E-state index contributed by atoms with van der Waals surface area (Å²) in [7, 11) is 0. The molecule has 1 aliphatic heterocycles. The number of hydrogen-bond acceptors (Lipinski definition) is 3. The zero-order chi connectivity index (χ0) is 14.9. The Labute approximate surface area is 131 Å². The minimum absolute atomic E-state index is 0.861. The Morgan fingerprint density at radius 2 is 2.09 bits per heavy atom. The Morgan fingerprint density at radius 1 is 1.18 bits per heavy atom. The van der Waals surface area contributed by atoms with E-state index in [4.69, 9.17) is 0 Å². The Balaban J connectivity index is 1.63. The number of aliphatic imine (C=N–C) groups is 1. The van der Waals surface area contributed by atoms with E-state index < -0.39 is 0 Å². The number of hydrogen-bond donors (Lipinski definition) is 1. The summed E-state index contributed by atoms with van der Waals surface area (Å²) < 4.78 is 0. The van der Waals surface area contributed by atoms with Crippen molar-refractivity contribution in [3.8, 4) is 0 Å².